The van der Waals surface area contributed by atoms with Crippen LogP contribution in [0.2, 0.25) is 0 Å². The number of imide groups is 1. The molecule has 1 saturated heterocycles. The molecule has 30 heavy (non-hydrogen) atoms. The highest BCUT2D eigenvalue weighted by atomic mass is 16.6. The average molecular weight is 412 g/mol. The Morgan fingerprint density at radius 3 is 2.53 bits per heavy atom. The van der Waals surface area contributed by atoms with Crippen molar-refractivity contribution in [2.45, 2.75) is 19.9 Å². The maximum atomic E-state index is 12.7. The number of anilines is 2. The third kappa shape index (κ3) is 4.07. The van der Waals surface area contributed by atoms with E-state index in [1.54, 1.807) is 44.2 Å². The van der Waals surface area contributed by atoms with Crippen molar-refractivity contribution in [1.82, 2.24) is 4.90 Å². The molecule has 10 nitrogen and oxygen atoms in total. The van der Waals surface area contributed by atoms with E-state index in [-0.39, 0.29) is 11.4 Å². The second kappa shape index (κ2) is 8.60. The van der Waals surface area contributed by atoms with Crippen LogP contribution < -0.4 is 15.0 Å². The minimum absolute atomic E-state index is 0.0551. The first kappa shape index (κ1) is 20.8. The van der Waals surface area contributed by atoms with Crippen molar-refractivity contribution in [2.75, 3.05) is 23.4 Å². The van der Waals surface area contributed by atoms with E-state index in [1.807, 2.05) is 0 Å². The summed E-state index contributed by atoms with van der Waals surface area (Å²) in [7, 11) is 0. The summed E-state index contributed by atoms with van der Waals surface area (Å²) in [6.07, 6.45) is 0. The van der Waals surface area contributed by atoms with Gasteiger partial charge in [0.05, 0.1) is 17.6 Å². The normalized spacial score (nSPS) is 16.0. The van der Waals surface area contributed by atoms with Gasteiger partial charge < -0.3 is 10.1 Å². The highest BCUT2D eigenvalue weighted by Crippen LogP contribution is 2.30. The smallest absolute Gasteiger partial charge is 0.332 e. The quantitative estimate of drug-likeness (QED) is 0.424. The Hall–Kier alpha value is -3.95. The lowest BCUT2D eigenvalue weighted by Gasteiger charge is -2.19. The van der Waals surface area contributed by atoms with Gasteiger partial charge in [0.15, 0.2) is 0 Å². The van der Waals surface area contributed by atoms with E-state index in [0.717, 1.165) is 4.90 Å². The average Bonchev–Trinajstić information content (AvgIpc) is 2.93. The molecular weight excluding hydrogens is 392 g/mol. The van der Waals surface area contributed by atoms with E-state index in [4.69, 9.17) is 4.74 Å². The molecule has 3 rings (SSSR count). The predicted octanol–water partition coefficient (Wildman–Crippen LogP) is 2.79. The molecular formula is C20H20N4O6. The number of carbonyl (C=O) groups excluding carboxylic acids is 3. The Balaban J connectivity index is 1.76. The Bertz CT molecular complexity index is 994. The van der Waals surface area contributed by atoms with Crippen LogP contribution in [0.4, 0.5) is 21.9 Å². The first-order valence-electron chi connectivity index (χ1n) is 9.24. The van der Waals surface area contributed by atoms with Crippen LogP contribution in [0.25, 0.3) is 0 Å². The van der Waals surface area contributed by atoms with Crippen molar-refractivity contribution in [3.05, 3.63) is 58.6 Å². The van der Waals surface area contributed by atoms with Gasteiger partial charge in [0.1, 0.15) is 24.0 Å². The largest absolute Gasteiger partial charge is 0.494 e. The monoisotopic (exact) mass is 412 g/mol. The van der Waals surface area contributed by atoms with Gasteiger partial charge in [-0.2, -0.15) is 0 Å². The first-order valence-corrected chi connectivity index (χ1v) is 9.24. The maximum Gasteiger partial charge on any atom is 0.332 e. The summed E-state index contributed by atoms with van der Waals surface area (Å²) < 4.78 is 5.24. The molecule has 1 heterocycles. The Morgan fingerprint density at radius 2 is 1.90 bits per heavy atom. The number of rotatable bonds is 7. The standard InChI is InChI=1S/C20H20N4O6/c1-3-30-15-9-10-16(17(11-15)24(28)29)21-18(25)12-22-19(26)13(2)23(20(22)27)14-7-5-4-6-8-14/h4-11,13H,3,12H2,1-2H3,(H,21,25). The van der Waals surface area contributed by atoms with Crippen LogP contribution in [0.3, 0.4) is 0 Å². The van der Waals surface area contributed by atoms with E-state index in [1.165, 1.54) is 23.1 Å². The third-order valence-electron chi connectivity index (χ3n) is 4.53. The maximum absolute atomic E-state index is 12.7. The summed E-state index contributed by atoms with van der Waals surface area (Å²) in [6, 6.07) is 11.3. The number of hydrogen-bond acceptors (Lipinski definition) is 6. The number of nitro groups is 1. The number of urea groups is 1. The van der Waals surface area contributed by atoms with Crippen molar-refractivity contribution >= 4 is 34.9 Å². The number of ether oxygens (including phenoxy) is 1. The molecule has 0 spiro atoms. The number of hydrogen-bond donors (Lipinski definition) is 1. The van der Waals surface area contributed by atoms with Crippen LogP contribution in [-0.2, 0) is 9.59 Å². The number of para-hydroxylation sites is 1. The van der Waals surface area contributed by atoms with Gasteiger partial charge in [0.25, 0.3) is 11.6 Å². The van der Waals surface area contributed by atoms with Gasteiger partial charge in [-0.3, -0.25) is 29.5 Å². The highest BCUT2D eigenvalue weighted by Gasteiger charge is 2.44. The van der Waals surface area contributed by atoms with E-state index >= 15 is 0 Å². The lowest BCUT2D eigenvalue weighted by molar-refractivity contribution is -0.384. The lowest BCUT2D eigenvalue weighted by atomic mass is 10.2. The molecule has 1 unspecified atom stereocenters. The van der Waals surface area contributed by atoms with Gasteiger partial charge in [0, 0.05) is 5.69 Å². The number of carbonyl (C=O) groups is 3. The zero-order chi connectivity index (χ0) is 21.8. The molecule has 156 valence electrons. The van der Waals surface area contributed by atoms with E-state index in [2.05, 4.69) is 5.32 Å². The Labute approximate surface area is 172 Å². The Kier molecular flexibility index (Phi) is 5.95. The molecule has 0 saturated carbocycles. The van der Waals surface area contributed by atoms with Gasteiger partial charge in [-0.05, 0) is 38.1 Å². The van der Waals surface area contributed by atoms with Crippen molar-refractivity contribution < 1.29 is 24.0 Å². The van der Waals surface area contributed by atoms with Gasteiger partial charge >= 0.3 is 6.03 Å². The molecule has 1 aliphatic heterocycles. The second-order valence-corrected chi connectivity index (χ2v) is 6.51. The molecule has 1 aliphatic rings. The van der Waals surface area contributed by atoms with Crippen LogP contribution in [0, 0.1) is 10.1 Å². The molecule has 1 N–H and O–H groups in total. The van der Waals surface area contributed by atoms with E-state index in [9.17, 15) is 24.5 Å². The van der Waals surface area contributed by atoms with Crippen molar-refractivity contribution in [1.29, 1.82) is 0 Å². The second-order valence-electron chi connectivity index (χ2n) is 6.51. The fourth-order valence-corrected chi connectivity index (χ4v) is 3.15. The number of nitro benzene ring substituents is 1. The molecule has 1 fully saturated rings. The fourth-order valence-electron chi connectivity index (χ4n) is 3.15. The molecule has 10 heteroatoms. The minimum Gasteiger partial charge on any atom is -0.494 e. The number of benzene rings is 2. The third-order valence-corrected chi connectivity index (χ3v) is 4.53. The summed E-state index contributed by atoms with van der Waals surface area (Å²) in [6.45, 7) is 3.08. The summed E-state index contributed by atoms with van der Waals surface area (Å²) in [5.41, 5.74) is 0.126. The van der Waals surface area contributed by atoms with Crippen LogP contribution >= 0.6 is 0 Å². The van der Waals surface area contributed by atoms with Gasteiger partial charge in [0.2, 0.25) is 5.91 Å². The minimum atomic E-state index is -0.771. The zero-order valence-electron chi connectivity index (χ0n) is 16.4. The molecule has 2 aromatic rings. The molecule has 0 aromatic heterocycles. The molecule has 0 radical (unpaired) electrons. The van der Waals surface area contributed by atoms with Crippen molar-refractivity contribution in [2.24, 2.45) is 0 Å². The fraction of sp³-hybridized carbons (Fsp3) is 0.250. The first-order chi connectivity index (χ1) is 14.3. The molecule has 0 bridgehead atoms. The summed E-state index contributed by atoms with van der Waals surface area (Å²) >= 11 is 0. The molecule has 0 aliphatic carbocycles. The Morgan fingerprint density at radius 1 is 1.20 bits per heavy atom. The zero-order valence-corrected chi connectivity index (χ0v) is 16.4. The number of nitrogens with zero attached hydrogens (tertiary/aromatic N) is 3. The van der Waals surface area contributed by atoms with Crippen molar-refractivity contribution in [3.8, 4) is 5.75 Å². The predicted molar refractivity (Wildman–Crippen MR) is 108 cm³/mol. The summed E-state index contributed by atoms with van der Waals surface area (Å²) in [5, 5.41) is 13.7. The molecule has 2 aromatic carbocycles. The van der Waals surface area contributed by atoms with Gasteiger partial charge in [-0.25, -0.2) is 4.79 Å². The van der Waals surface area contributed by atoms with Crippen LogP contribution in [0.5, 0.6) is 5.75 Å². The van der Waals surface area contributed by atoms with Crippen molar-refractivity contribution in [3.63, 3.8) is 0 Å². The van der Waals surface area contributed by atoms with Gasteiger partial charge in [-0.1, -0.05) is 18.2 Å². The SMILES string of the molecule is CCOc1ccc(NC(=O)CN2C(=O)C(C)N(c3ccccc3)C2=O)c([N+](=O)[O-])c1. The lowest BCUT2D eigenvalue weighted by Crippen LogP contribution is -2.39. The van der Waals surface area contributed by atoms with Crippen LogP contribution in [0.15, 0.2) is 48.5 Å². The van der Waals surface area contributed by atoms with Crippen LogP contribution in [-0.4, -0.2) is 46.9 Å². The number of amides is 4. The van der Waals surface area contributed by atoms with Gasteiger partial charge in [-0.15, -0.1) is 0 Å². The van der Waals surface area contributed by atoms with E-state index < -0.39 is 35.4 Å². The highest BCUT2D eigenvalue weighted by molar-refractivity contribution is 6.16. The van der Waals surface area contributed by atoms with E-state index in [0.29, 0.717) is 18.0 Å². The van der Waals surface area contributed by atoms with Crippen LogP contribution in [0.1, 0.15) is 13.8 Å². The summed E-state index contributed by atoms with van der Waals surface area (Å²) in [4.78, 5) is 50.5. The molecule has 1 atom stereocenters. The topological polar surface area (TPSA) is 122 Å². The number of nitrogens with one attached hydrogen (secondary N) is 1. The molecule has 4 amide bonds. The summed E-state index contributed by atoms with van der Waals surface area (Å²) in [5.74, 6) is -0.967.